The Kier molecular flexibility index (Phi) is 4.68. The van der Waals surface area contributed by atoms with E-state index in [0.717, 1.165) is 16.6 Å². The van der Waals surface area contributed by atoms with Crippen molar-refractivity contribution in [2.75, 3.05) is 12.3 Å². The zero-order valence-corrected chi connectivity index (χ0v) is 12.3. The molecule has 0 aliphatic carbocycles. The summed E-state index contributed by atoms with van der Waals surface area (Å²) < 4.78 is 12.3. The number of anilines is 1. The summed E-state index contributed by atoms with van der Waals surface area (Å²) in [6.45, 7) is 2.70. The molecule has 4 heteroatoms. The van der Waals surface area contributed by atoms with Crippen LogP contribution >= 0.6 is 15.9 Å². The number of nitrogens with two attached hydrogens (primary N) is 1. The van der Waals surface area contributed by atoms with Crippen molar-refractivity contribution >= 4 is 21.6 Å². The number of hydrogen-bond acceptors (Lipinski definition) is 3. The van der Waals surface area contributed by atoms with Gasteiger partial charge in [-0.3, -0.25) is 0 Å². The maximum atomic E-state index is 5.86. The van der Waals surface area contributed by atoms with Gasteiger partial charge in [0.2, 0.25) is 0 Å². The highest BCUT2D eigenvalue weighted by Gasteiger charge is 2.04. The summed E-state index contributed by atoms with van der Waals surface area (Å²) in [5.41, 5.74) is 6.48. The van der Waals surface area contributed by atoms with E-state index < -0.39 is 0 Å². The average molecular weight is 322 g/mol. The Bertz CT molecular complexity index is 558. The molecular weight excluding hydrogens is 306 g/mol. The van der Waals surface area contributed by atoms with Crippen LogP contribution in [0, 0.1) is 0 Å². The van der Waals surface area contributed by atoms with Gasteiger partial charge >= 0.3 is 0 Å². The van der Waals surface area contributed by atoms with Crippen LogP contribution in [0.3, 0.4) is 0 Å². The third-order valence-corrected chi connectivity index (χ3v) is 2.97. The minimum atomic E-state index is 0.620. The summed E-state index contributed by atoms with van der Waals surface area (Å²) in [7, 11) is 0. The molecular formula is C15H16BrNO2. The van der Waals surface area contributed by atoms with E-state index in [9.17, 15) is 0 Å². The number of benzene rings is 2. The lowest BCUT2D eigenvalue weighted by Crippen LogP contribution is -1.99. The monoisotopic (exact) mass is 321 g/mol. The number of hydrogen-bond donors (Lipinski definition) is 1. The fourth-order valence-electron chi connectivity index (χ4n) is 1.58. The average Bonchev–Trinajstić information content (AvgIpc) is 2.39. The molecule has 3 nitrogen and oxygen atoms in total. The quantitative estimate of drug-likeness (QED) is 0.818. The molecule has 19 heavy (non-hydrogen) atoms. The molecule has 0 spiro atoms. The van der Waals surface area contributed by atoms with Gasteiger partial charge in [0.1, 0.15) is 17.2 Å². The summed E-state index contributed by atoms with van der Waals surface area (Å²) in [6.07, 6.45) is 0.941. The maximum absolute atomic E-state index is 5.86. The van der Waals surface area contributed by atoms with Crippen LogP contribution in [0.25, 0.3) is 0 Å². The highest BCUT2D eigenvalue weighted by atomic mass is 79.9. The molecule has 2 N–H and O–H groups in total. The first-order chi connectivity index (χ1) is 9.19. The van der Waals surface area contributed by atoms with Gasteiger partial charge in [-0.05, 0) is 36.8 Å². The fourth-order valence-corrected chi connectivity index (χ4v) is 1.96. The summed E-state index contributed by atoms with van der Waals surface area (Å²) in [5.74, 6) is 2.13. The lowest BCUT2D eigenvalue weighted by Gasteiger charge is -2.11. The van der Waals surface area contributed by atoms with Crippen LogP contribution in [0.2, 0.25) is 0 Å². The Labute approximate surface area is 121 Å². The van der Waals surface area contributed by atoms with Crippen molar-refractivity contribution in [3.63, 3.8) is 0 Å². The van der Waals surface area contributed by atoms with Gasteiger partial charge in [-0.1, -0.05) is 28.9 Å². The van der Waals surface area contributed by atoms with Gasteiger partial charge < -0.3 is 15.2 Å². The molecule has 2 aromatic rings. The van der Waals surface area contributed by atoms with E-state index in [1.807, 2.05) is 36.4 Å². The molecule has 0 bridgehead atoms. The van der Waals surface area contributed by atoms with Gasteiger partial charge in [0.15, 0.2) is 0 Å². The normalized spacial score (nSPS) is 10.2. The minimum Gasteiger partial charge on any atom is -0.491 e. The van der Waals surface area contributed by atoms with Gasteiger partial charge in [0.05, 0.1) is 12.3 Å². The molecule has 0 saturated heterocycles. The predicted molar refractivity (Wildman–Crippen MR) is 80.9 cm³/mol. The molecule has 0 aliphatic heterocycles. The lowest BCUT2D eigenvalue weighted by molar-refractivity contribution is 0.317. The SMILES string of the molecule is CCCOc1cc(Oc2cccc(Br)c2)ccc1N. The van der Waals surface area contributed by atoms with Gasteiger partial charge in [0.25, 0.3) is 0 Å². The molecule has 2 aromatic carbocycles. The summed E-state index contributed by atoms with van der Waals surface area (Å²) >= 11 is 3.41. The molecule has 0 fully saturated rings. The smallest absolute Gasteiger partial charge is 0.145 e. The van der Waals surface area contributed by atoms with Crippen LogP contribution < -0.4 is 15.2 Å². The van der Waals surface area contributed by atoms with Crippen LogP contribution in [0.4, 0.5) is 5.69 Å². The van der Waals surface area contributed by atoms with E-state index in [-0.39, 0.29) is 0 Å². The highest BCUT2D eigenvalue weighted by Crippen LogP contribution is 2.30. The van der Waals surface area contributed by atoms with Gasteiger partial charge in [-0.25, -0.2) is 0 Å². The first-order valence-electron chi connectivity index (χ1n) is 6.15. The molecule has 0 unspecified atom stereocenters. The molecule has 2 rings (SSSR count). The van der Waals surface area contributed by atoms with E-state index in [4.69, 9.17) is 15.2 Å². The van der Waals surface area contributed by atoms with Crippen molar-refractivity contribution in [1.82, 2.24) is 0 Å². The van der Waals surface area contributed by atoms with Crippen LogP contribution in [-0.2, 0) is 0 Å². The number of nitrogen functional groups attached to an aromatic ring is 1. The van der Waals surface area contributed by atoms with Crippen LogP contribution in [0.15, 0.2) is 46.9 Å². The highest BCUT2D eigenvalue weighted by molar-refractivity contribution is 9.10. The maximum Gasteiger partial charge on any atom is 0.145 e. The van der Waals surface area contributed by atoms with Crippen molar-refractivity contribution in [1.29, 1.82) is 0 Å². The Hall–Kier alpha value is -1.68. The van der Waals surface area contributed by atoms with Crippen molar-refractivity contribution < 1.29 is 9.47 Å². The van der Waals surface area contributed by atoms with Crippen molar-refractivity contribution in [2.24, 2.45) is 0 Å². The number of ether oxygens (including phenoxy) is 2. The number of rotatable bonds is 5. The standard InChI is InChI=1S/C15H16BrNO2/c1-2-8-18-15-10-13(6-7-14(15)17)19-12-5-3-4-11(16)9-12/h3-7,9-10H,2,8,17H2,1H3. The van der Waals surface area contributed by atoms with Crippen LogP contribution in [0.5, 0.6) is 17.2 Å². The molecule has 0 aromatic heterocycles. The second-order valence-electron chi connectivity index (χ2n) is 4.11. The first-order valence-corrected chi connectivity index (χ1v) is 6.94. The third-order valence-electron chi connectivity index (χ3n) is 2.48. The number of halogens is 1. The molecule has 0 aliphatic rings. The molecule has 0 saturated carbocycles. The van der Waals surface area contributed by atoms with Gasteiger partial charge in [-0.15, -0.1) is 0 Å². The molecule has 100 valence electrons. The first kappa shape index (κ1) is 13.7. The molecule has 0 atom stereocenters. The van der Waals surface area contributed by atoms with E-state index in [1.54, 1.807) is 6.07 Å². The molecule has 0 amide bonds. The van der Waals surface area contributed by atoms with Crippen molar-refractivity contribution in [2.45, 2.75) is 13.3 Å². The Balaban J connectivity index is 2.16. The largest absolute Gasteiger partial charge is 0.491 e. The van der Waals surface area contributed by atoms with Gasteiger partial charge in [0, 0.05) is 10.5 Å². The molecule has 0 heterocycles. The minimum absolute atomic E-state index is 0.620. The van der Waals surface area contributed by atoms with Crippen molar-refractivity contribution in [3.8, 4) is 17.2 Å². The zero-order chi connectivity index (χ0) is 13.7. The predicted octanol–water partition coefficient (Wildman–Crippen LogP) is 4.61. The molecule has 0 radical (unpaired) electrons. The van der Waals surface area contributed by atoms with Crippen molar-refractivity contribution in [3.05, 3.63) is 46.9 Å². The van der Waals surface area contributed by atoms with E-state index in [2.05, 4.69) is 22.9 Å². The van der Waals surface area contributed by atoms with Crippen LogP contribution in [-0.4, -0.2) is 6.61 Å². The second kappa shape index (κ2) is 6.48. The van der Waals surface area contributed by atoms with Gasteiger partial charge in [-0.2, -0.15) is 0 Å². The lowest BCUT2D eigenvalue weighted by atomic mass is 10.2. The summed E-state index contributed by atoms with van der Waals surface area (Å²) in [4.78, 5) is 0. The van der Waals surface area contributed by atoms with E-state index >= 15 is 0 Å². The van der Waals surface area contributed by atoms with E-state index in [1.165, 1.54) is 0 Å². The Morgan fingerprint density at radius 1 is 1.11 bits per heavy atom. The summed E-state index contributed by atoms with van der Waals surface area (Å²) in [6, 6.07) is 13.1. The Morgan fingerprint density at radius 3 is 2.63 bits per heavy atom. The second-order valence-corrected chi connectivity index (χ2v) is 5.02. The Morgan fingerprint density at radius 2 is 1.89 bits per heavy atom. The zero-order valence-electron chi connectivity index (χ0n) is 10.7. The van der Waals surface area contributed by atoms with E-state index in [0.29, 0.717) is 23.8 Å². The third kappa shape index (κ3) is 3.89. The topological polar surface area (TPSA) is 44.5 Å². The fraction of sp³-hybridized carbons (Fsp3) is 0.200. The summed E-state index contributed by atoms with van der Waals surface area (Å²) in [5, 5.41) is 0. The van der Waals surface area contributed by atoms with Crippen LogP contribution in [0.1, 0.15) is 13.3 Å².